The van der Waals surface area contributed by atoms with E-state index in [1.807, 2.05) is 63.4 Å². The number of pyridine rings is 1. The number of aromatic nitrogens is 1. The second-order valence-electron chi connectivity index (χ2n) is 7.75. The quantitative estimate of drug-likeness (QED) is 0.591. The van der Waals surface area contributed by atoms with Gasteiger partial charge in [0.1, 0.15) is 11.4 Å². The molecule has 144 valence electrons. The normalized spacial score (nSPS) is 17.5. The van der Waals surface area contributed by atoms with E-state index >= 15 is 0 Å². The molecule has 2 heterocycles. The molecule has 3 aromatic rings. The largest absolute Gasteiger partial charge is 0.487 e. The van der Waals surface area contributed by atoms with Gasteiger partial charge in [0.15, 0.2) is 0 Å². The van der Waals surface area contributed by atoms with Crippen molar-refractivity contribution in [2.45, 2.75) is 38.8 Å². The Balaban J connectivity index is 1.59. The fourth-order valence-corrected chi connectivity index (χ4v) is 3.82. The summed E-state index contributed by atoms with van der Waals surface area (Å²) in [6, 6.07) is 12.8. The fraction of sp³-hybridized carbons (Fsp3) is 0.273. The Morgan fingerprint density at radius 3 is 2.89 bits per heavy atom. The Hall–Kier alpha value is -2.79. The van der Waals surface area contributed by atoms with Gasteiger partial charge in [0.25, 0.3) is 0 Å². The van der Waals surface area contributed by atoms with Crippen molar-refractivity contribution >= 4 is 34.1 Å². The molecule has 0 spiro atoms. The van der Waals surface area contributed by atoms with Crippen LogP contribution in [0.15, 0.2) is 48.7 Å². The third-order valence-electron chi connectivity index (χ3n) is 4.89. The molecule has 2 aromatic carbocycles. The number of ether oxygens (including phenoxy) is 1. The first-order valence-electron chi connectivity index (χ1n) is 9.22. The van der Waals surface area contributed by atoms with Gasteiger partial charge in [0.2, 0.25) is 0 Å². The van der Waals surface area contributed by atoms with Gasteiger partial charge in [0.05, 0.1) is 11.7 Å². The molecule has 0 saturated heterocycles. The van der Waals surface area contributed by atoms with Crippen LogP contribution in [0.2, 0.25) is 5.02 Å². The molecule has 0 saturated carbocycles. The van der Waals surface area contributed by atoms with Gasteiger partial charge in [-0.1, -0.05) is 29.8 Å². The van der Waals surface area contributed by atoms with Crippen LogP contribution >= 0.6 is 11.6 Å². The number of halogens is 1. The molecular weight excluding hydrogens is 374 g/mol. The minimum atomic E-state index is -0.405. The molecule has 4 rings (SSSR count). The molecule has 2 N–H and O–H groups in total. The Kier molecular flexibility index (Phi) is 4.63. The zero-order chi connectivity index (χ0) is 19.9. The van der Waals surface area contributed by atoms with E-state index in [1.54, 1.807) is 6.07 Å². The highest BCUT2D eigenvalue weighted by atomic mass is 35.5. The summed E-state index contributed by atoms with van der Waals surface area (Å²) in [5, 5.41) is 8.63. The molecule has 0 aliphatic carbocycles. The predicted molar refractivity (Wildman–Crippen MR) is 112 cm³/mol. The molecule has 0 unspecified atom stereocenters. The zero-order valence-electron chi connectivity index (χ0n) is 16.0. The van der Waals surface area contributed by atoms with Crippen molar-refractivity contribution in [3.05, 3.63) is 64.9 Å². The average molecular weight is 396 g/mol. The van der Waals surface area contributed by atoms with Crippen LogP contribution in [0.4, 0.5) is 10.5 Å². The number of hydrogen-bond donors (Lipinski definition) is 2. The van der Waals surface area contributed by atoms with Crippen LogP contribution in [0.5, 0.6) is 5.75 Å². The fourth-order valence-electron chi connectivity index (χ4n) is 3.65. The third-order valence-corrected chi connectivity index (χ3v) is 5.12. The number of fused-ring (bicyclic) bond motifs is 2. The number of rotatable bonds is 2. The highest BCUT2D eigenvalue weighted by Crippen LogP contribution is 2.40. The van der Waals surface area contributed by atoms with Gasteiger partial charge in [-0.25, -0.2) is 4.79 Å². The van der Waals surface area contributed by atoms with Crippen LogP contribution in [0.25, 0.3) is 10.8 Å². The van der Waals surface area contributed by atoms with Gasteiger partial charge < -0.3 is 15.4 Å². The number of nitrogens with one attached hydrogen (secondary N) is 2. The van der Waals surface area contributed by atoms with Crippen LogP contribution in [0.3, 0.4) is 0 Å². The number of amides is 2. The van der Waals surface area contributed by atoms with Crippen molar-refractivity contribution in [2.24, 2.45) is 0 Å². The van der Waals surface area contributed by atoms with Crippen LogP contribution in [-0.2, 0) is 0 Å². The van der Waals surface area contributed by atoms with Crippen LogP contribution < -0.4 is 15.4 Å². The average Bonchev–Trinajstić information content (AvgIpc) is 2.60. The summed E-state index contributed by atoms with van der Waals surface area (Å²) in [7, 11) is 0. The monoisotopic (exact) mass is 395 g/mol. The number of urea groups is 1. The number of hydrogen-bond acceptors (Lipinski definition) is 3. The zero-order valence-corrected chi connectivity index (χ0v) is 16.8. The standard InChI is InChI=1S/C22H22ClN3O2/c1-13-9-17-14(12-24-13)5-4-6-18(17)25-21(27)26-19-11-22(2,3)28-20-10-15(23)7-8-16(19)20/h4-10,12,19H,11H2,1-3H3,(H2,25,26,27)/t19-/m1/s1. The van der Waals surface area contributed by atoms with E-state index in [4.69, 9.17) is 16.3 Å². The van der Waals surface area contributed by atoms with E-state index < -0.39 is 5.60 Å². The molecule has 0 fully saturated rings. The predicted octanol–water partition coefficient (Wildman–Crippen LogP) is 5.62. The number of carbonyl (C=O) groups excluding carboxylic acids is 1. The lowest BCUT2D eigenvalue weighted by atomic mass is 9.90. The molecule has 2 amide bonds. The van der Waals surface area contributed by atoms with Gasteiger partial charge in [-0.15, -0.1) is 0 Å². The van der Waals surface area contributed by atoms with Gasteiger partial charge >= 0.3 is 6.03 Å². The number of benzene rings is 2. The first-order valence-corrected chi connectivity index (χ1v) is 9.60. The molecule has 5 nitrogen and oxygen atoms in total. The minimum absolute atomic E-state index is 0.172. The molecule has 0 radical (unpaired) electrons. The molecule has 28 heavy (non-hydrogen) atoms. The van der Waals surface area contributed by atoms with Crippen molar-refractivity contribution in [1.82, 2.24) is 10.3 Å². The third kappa shape index (κ3) is 3.76. The van der Waals surface area contributed by atoms with E-state index in [1.165, 1.54) is 0 Å². The summed E-state index contributed by atoms with van der Waals surface area (Å²) in [5.41, 5.74) is 2.18. The first-order chi connectivity index (χ1) is 13.3. The Morgan fingerprint density at radius 1 is 1.25 bits per heavy atom. The Morgan fingerprint density at radius 2 is 2.07 bits per heavy atom. The number of carbonyl (C=O) groups is 1. The summed E-state index contributed by atoms with van der Waals surface area (Å²) in [6.07, 6.45) is 2.47. The maximum atomic E-state index is 12.8. The summed E-state index contributed by atoms with van der Waals surface area (Å²) in [6.45, 7) is 5.94. The lowest BCUT2D eigenvalue weighted by Crippen LogP contribution is -2.42. The molecular formula is C22H22ClN3O2. The lowest BCUT2D eigenvalue weighted by Gasteiger charge is -2.38. The topological polar surface area (TPSA) is 63.2 Å². The van der Waals surface area contributed by atoms with Crippen molar-refractivity contribution in [3.8, 4) is 5.75 Å². The number of nitrogens with zero attached hydrogens (tertiary/aromatic N) is 1. The molecule has 0 bridgehead atoms. The van der Waals surface area contributed by atoms with E-state index in [9.17, 15) is 4.79 Å². The maximum Gasteiger partial charge on any atom is 0.319 e. The van der Waals surface area contributed by atoms with Crippen molar-refractivity contribution in [2.75, 3.05) is 5.32 Å². The minimum Gasteiger partial charge on any atom is -0.487 e. The van der Waals surface area contributed by atoms with E-state index in [-0.39, 0.29) is 12.1 Å². The summed E-state index contributed by atoms with van der Waals surface area (Å²) < 4.78 is 6.04. The van der Waals surface area contributed by atoms with E-state index in [0.29, 0.717) is 17.2 Å². The van der Waals surface area contributed by atoms with Gasteiger partial charge in [-0.05, 0) is 45.0 Å². The number of aryl methyl sites for hydroxylation is 1. The molecule has 6 heteroatoms. The van der Waals surface area contributed by atoms with Crippen LogP contribution in [0, 0.1) is 6.92 Å². The second kappa shape index (κ2) is 6.99. The van der Waals surface area contributed by atoms with Crippen molar-refractivity contribution in [3.63, 3.8) is 0 Å². The summed E-state index contributed by atoms with van der Waals surface area (Å²) >= 11 is 6.11. The van der Waals surface area contributed by atoms with Gasteiger partial charge in [-0.2, -0.15) is 0 Å². The van der Waals surface area contributed by atoms with E-state index in [0.717, 1.165) is 27.7 Å². The van der Waals surface area contributed by atoms with E-state index in [2.05, 4.69) is 15.6 Å². The van der Waals surface area contributed by atoms with Crippen LogP contribution in [-0.4, -0.2) is 16.6 Å². The molecule has 1 aliphatic heterocycles. The highest BCUT2D eigenvalue weighted by Gasteiger charge is 2.34. The second-order valence-corrected chi connectivity index (χ2v) is 8.19. The Labute approximate surface area is 169 Å². The first kappa shape index (κ1) is 18.6. The van der Waals surface area contributed by atoms with Gasteiger partial charge in [-0.3, -0.25) is 4.98 Å². The smallest absolute Gasteiger partial charge is 0.319 e. The number of anilines is 1. The van der Waals surface area contributed by atoms with Gasteiger partial charge in [0, 0.05) is 39.7 Å². The molecule has 1 aromatic heterocycles. The Bertz CT molecular complexity index is 1060. The lowest BCUT2D eigenvalue weighted by molar-refractivity contribution is 0.0683. The van der Waals surface area contributed by atoms with Crippen molar-refractivity contribution < 1.29 is 9.53 Å². The SMILES string of the molecule is Cc1cc2c(NC(=O)N[C@@H]3CC(C)(C)Oc4cc(Cl)ccc43)cccc2cn1. The summed E-state index contributed by atoms with van der Waals surface area (Å²) in [4.78, 5) is 17.1. The highest BCUT2D eigenvalue weighted by molar-refractivity contribution is 6.30. The maximum absolute atomic E-state index is 12.8. The summed E-state index contributed by atoms with van der Waals surface area (Å²) in [5.74, 6) is 0.709. The molecule has 1 atom stereocenters. The molecule has 1 aliphatic rings. The van der Waals surface area contributed by atoms with Crippen LogP contribution in [0.1, 0.15) is 37.6 Å². The van der Waals surface area contributed by atoms with Crippen molar-refractivity contribution in [1.29, 1.82) is 0 Å².